The van der Waals surface area contributed by atoms with E-state index in [1.54, 1.807) is 43.3 Å². The fourth-order valence-corrected chi connectivity index (χ4v) is 2.59. The number of benzene rings is 1. The van der Waals surface area contributed by atoms with E-state index < -0.39 is 0 Å². The van der Waals surface area contributed by atoms with E-state index >= 15 is 0 Å². The summed E-state index contributed by atoms with van der Waals surface area (Å²) < 4.78 is 0. The summed E-state index contributed by atoms with van der Waals surface area (Å²) in [5, 5.41) is 2.78. The average Bonchev–Trinajstić information content (AvgIpc) is 2.64. The molecule has 3 amide bonds. The van der Waals surface area contributed by atoms with Crippen molar-refractivity contribution in [2.45, 2.75) is 0 Å². The molecule has 7 heteroatoms. The van der Waals surface area contributed by atoms with Crippen LogP contribution in [0.3, 0.4) is 0 Å². The van der Waals surface area contributed by atoms with Gasteiger partial charge in [0.25, 0.3) is 5.91 Å². The molecule has 1 saturated heterocycles. The van der Waals surface area contributed by atoms with Crippen molar-refractivity contribution in [3.05, 3.63) is 42.5 Å². The van der Waals surface area contributed by atoms with Crippen molar-refractivity contribution < 1.29 is 14.4 Å². The van der Waals surface area contributed by atoms with Gasteiger partial charge in [0, 0.05) is 51.5 Å². The van der Waals surface area contributed by atoms with Crippen LogP contribution in [0.1, 0.15) is 10.4 Å². The van der Waals surface area contributed by atoms with Crippen LogP contribution in [-0.4, -0.2) is 74.3 Å². The van der Waals surface area contributed by atoms with Gasteiger partial charge in [0.2, 0.25) is 11.8 Å². The Morgan fingerprint density at radius 3 is 2.56 bits per heavy atom. The number of amides is 3. The number of hydrogen-bond acceptors (Lipinski definition) is 4. The van der Waals surface area contributed by atoms with E-state index in [1.165, 1.54) is 11.0 Å². The van der Waals surface area contributed by atoms with Crippen LogP contribution in [0, 0.1) is 0 Å². The number of carbonyl (C=O) groups is 3. The maximum atomic E-state index is 12.5. The number of piperazine rings is 1. The maximum Gasteiger partial charge on any atom is 0.253 e. The summed E-state index contributed by atoms with van der Waals surface area (Å²) >= 11 is 0. The van der Waals surface area contributed by atoms with E-state index in [1.807, 2.05) is 4.90 Å². The first kappa shape index (κ1) is 18.7. The summed E-state index contributed by atoms with van der Waals surface area (Å²) in [6.07, 6.45) is 1.24. The van der Waals surface area contributed by atoms with Crippen LogP contribution in [0.15, 0.2) is 36.9 Å². The SMILES string of the molecule is C=CC(=O)N(C)c1ccc(C(=O)N(C)CCN2CCNC(=O)C2)cc1. The third kappa shape index (κ3) is 4.90. The quantitative estimate of drug-likeness (QED) is 0.756. The molecule has 1 aliphatic heterocycles. The Labute approximate surface area is 147 Å². The fourth-order valence-electron chi connectivity index (χ4n) is 2.59. The zero-order valence-corrected chi connectivity index (χ0v) is 14.7. The van der Waals surface area contributed by atoms with Crippen LogP contribution in [0.2, 0.25) is 0 Å². The molecule has 1 aromatic rings. The molecule has 134 valence electrons. The first-order valence-corrected chi connectivity index (χ1v) is 8.17. The Kier molecular flexibility index (Phi) is 6.30. The van der Waals surface area contributed by atoms with E-state index in [0.29, 0.717) is 37.4 Å². The zero-order chi connectivity index (χ0) is 18.4. The minimum Gasteiger partial charge on any atom is -0.354 e. The van der Waals surface area contributed by atoms with Crippen molar-refractivity contribution in [1.29, 1.82) is 0 Å². The fraction of sp³-hybridized carbons (Fsp3) is 0.389. The highest BCUT2D eigenvalue weighted by Gasteiger charge is 2.18. The third-order valence-corrected chi connectivity index (χ3v) is 4.22. The summed E-state index contributed by atoms with van der Waals surface area (Å²) in [5.74, 6) is -0.276. The first-order chi connectivity index (χ1) is 11.9. The lowest BCUT2D eigenvalue weighted by molar-refractivity contribution is -0.124. The second kappa shape index (κ2) is 8.43. The Balaban J connectivity index is 1.91. The second-order valence-electron chi connectivity index (χ2n) is 6.00. The minimum absolute atomic E-state index is 0.0222. The number of hydrogen-bond donors (Lipinski definition) is 1. The van der Waals surface area contributed by atoms with Crippen LogP contribution in [-0.2, 0) is 9.59 Å². The van der Waals surface area contributed by atoms with Gasteiger partial charge in [0.05, 0.1) is 6.54 Å². The Bertz CT molecular complexity index is 657. The number of likely N-dealkylation sites (N-methyl/N-ethyl adjacent to an activating group) is 2. The van der Waals surface area contributed by atoms with Gasteiger partial charge in [-0.3, -0.25) is 19.3 Å². The summed E-state index contributed by atoms with van der Waals surface area (Å²) in [5.41, 5.74) is 1.26. The highest BCUT2D eigenvalue weighted by atomic mass is 16.2. The molecule has 0 bridgehead atoms. The Morgan fingerprint density at radius 1 is 1.28 bits per heavy atom. The van der Waals surface area contributed by atoms with Gasteiger partial charge in [0.15, 0.2) is 0 Å². The van der Waals surface area contributed by atoms with Crippen LogP contribution < -0.4 is 10.2 Å². The molecule has 1 aromatic carbocycles. The summed E-state index contributed by atoms with van der Waals surface area (Å²) in [7, 11) is 3.40. The second-order valence-corrected chi connectivity index (χ2v) is 6.00. The number of nitrogens with one attached hydrogen (secondary N) is 1. The summed E-state index contributed by atoms with van der Waals surface area (Å²) in [4.78, 5) is 40.6. The van der Waals surface area contributed by atoms with E-state index in [9.17, 15) is 14.4 Å². The van der Waals surface area contributed by atoms with E-state index in [0.717, 1.165) is 6.54 Å². The van der Waals surface area contributed by atoms with Gasteiger partial charge in [-0.2, -0.15) is 0 Å². The highest BCUT2D eigenvalue weighted by molar-refractivity contribution is 6.01. The molecule has 7 nitrogen and oxygen atoms in total. The molecule has 0 aliphatic carbocycles. The number of anilines is 1. The summed E-state index contributed by atoms with van der Waals surface area (Å²) in [6.45, 7) is 6.48. The molecule has 1 aliphatic rings. The Hall–Kier alpha value is -2.67. The molecular weight excluding hydrogens is 320 g/mol. The van der Waals surface area contributed by atoms with Gasteiger partial charge in [-0.05, 0) is 30.3 Å². The molecule has 25 heavy (non-hydrogen) atoms. The molecular formula is C18H24N4O3. The van der Waals surface area contributed by atoms with Crippen molar-refractivity contribution in [2.24, 2.45) is 0 Å². The number of carbonyl (C=O) groups excluding carboxylic acids is 3. The van der Waals surface area contributed by atoms with Crippen molar-refractivity contribution in [3.63, 3.8) is 0 Å². The standard InChI is InChI=1S/C18H24N4O3/c1-4-17(24)21(3)15-7-5-14(6-8-15)18(25)20(2)11-12-22-10-9-19-16(23)13-22/h4-8H,1,9-13H2,2-3H3,(H,19,23). The Morgan fingerprint density at radius 2 is 1.96 bits per heavy atom. The molecule has 1 N–H and O–H groups in total. The molecule has 0 saturated carbocycles. The minimum atomic E-state index is -0.207. The maximum absolute atomic E-state index is 12.5. The van der Waals surface area contributed by atoms with Crippen molar-refractivity contribution in [3.8, 4) is 0 Å². The monoisotopic (exact) mass is 344 g/mol. The summed E-state index contributed by atoms with van der Waals surface area (Å²) in [6, 6.07) is 6.87. The van der Waals surface area contributed by atoms with E-state index in [4.69, 9.17) is 0 Å². The molecule has 2 rings (SSSR count). The molecule has 1 fully saturated rings. The van der Waals surface area contributed by atoms with Crippen LogP contribution in [0.5, 0.6) is 0 Å². The van der Waals surface area contributed by atoms with Gasteiger partial charge in [-0.1, -0.05) is 6.58 Å². The van der Waals surface area contributed by atoms with Gasteiger partial charge < -0.3 is 15.1 Å². The topological polar surface area (TPSA) is 73.0 Å². The van der Waals surface area contributed by atoms with Crippen molar-refractivity contribution in [1.82, 2.24) is 15.1 Å². The lowest BCUT2D eigenvalue weighted by atomic mass is 10.1. The molecule has 0 atom stereocenters. The van der Waals surface area contributed by atoms with Gasteiger partial charge >= 0.3 is 0 Å². The molecule has 0 radical (unpaired) electrons. The molecule has 0 aromatic heterocycles. The lowest BCUT2D eigenvalue weighted by Gasteiger charge is -2.28. The molecule has 0 unspecified atom stereocenters. The van der Waals surface area contributed by atoms with Crippen LogP contribution in [0.4, 0.5) is 5.69 Å². The predicted octanol–water partition coefficient (Wildman–Crippen LogP) is 0.339. The molecule has 1 heterocycles. The predicted molar refractivity (Wildman–Crippen MR) is 96.5 cm³/mol. The lowest BCUT2D eigenvalue weighted by Crippen LogP contribution is -2.49. The number of rotatable bonds is 6. The van der Waals surface area contributed by atoms with Crippen LogP contribution in [0.25, 0.3) is 0 Å². The molecule has 0 spiro atoms. The van der Waals surface area contributed by atoms with Crippen LogP contribution >= 0.6 is 0 Å². The number of nitrogens with zero attached hydrogens (tertiary/aromatic N) is 3. The van der Waals surface area contributed by atoms with E-state index in [2.05, 4.69) is 11.9 Å². The normalized spacial score (nSPS) is 14.6. The zero-order valence-electron chi connectivity index (χ0n) is 14.7. The highest BCUT2D eigenvalue weighted by Crippen LogP contribution is 2.15. The largest absolute Gasteiger partial charge is 0.354 e. The third-order valence-electron chi connectivity index (χ3n) is 4.22. The van der Waals surface area contributed by atoms with E-state index in [-0.39, 0.29) is 17.7 Å². The van der Waals surface area contributed by atoms with Crippen molar-refractivity contribution in [2.75, 3.05) is 51.7 Å². The van der Waals surface area contributed by atoms with Gasteiger partial charge in [0.1, 0.15) is 0 Å². The van der Waals surface area contributed by atoms with Gasteiger partial charge in [-0.15, -0.1) is 0 Å². The van der Waals surface area contributed by atoms with Crippen molar-refractivity contribution >= 4 is 23.4 Å². The first-order valence-electron chi connectivity index (χ1n) is 8.17. The average molecular weight is 344 g/mol. The van der Waals surface area contributed by atoms with Gasteiger partial charge in [-0.25, -0.2) is 0 Å². The smallest absolute Gasteiger partial charge is 0.253 e.